The molecule has 8 heteroatoms. The third kappa shape index (κ3) is 6.80. The topological polar surface area (TPSA) is 86.3 Å². The fourth-order valence-corrected chi connectivity index (χ4v) is 4.01. The van der Waals surface area contributed by atoms with Crippen LogP contribution in [0.5, 0.6) is 5.75 Å². The van der Waals surface area contributed by atoms with E-state index in [0.717, 1.165) is 60.5 Å². The Morgan fingerprint density at radius 2 is 2.15 bits per heavy atom. The third-order valence-corrected chi connectivity index (χ3v) is 5.40. The number of benzene rings is 1. The normalized spacial score (nSPS) is 16.4. The molecule has 1 aromatic carbocycles. The molecule has 1 atom stereocenters. The van der Waals surface area contributed by atoms with Crippen LogP contribution in [0, 0.1) is 6.92 Å². The van der Waals surface area contributed by atoms with Crippen molar-refractivity contribution in [3.63, 3.8) is 0 Å². The van der Waals surface area contributed by atoms with Crippen molar-refractivity contribution in [3.8, 4) is 5.75 Å². The first kappa shape index (κ1) is 20.1. The molecule has 1 aliphatic rings. The number of thioether (sulfide) groups is 1. The van der Waals surface area contributed by atoms with Gasteiger partial charge in [0.25, 0.3) is 0 Å². The molecule has 0 spiro atoms. The monoisotopic (exact) mass is 391 g/mol. The number of hydrogen-bond acceptors (Lipinski definition) is 7. The van der Waals surface area contributed by atoms with Gasteiger partial charge in [-0.1, -0.05) is 18.2 Å². The Kier molecular flexibility index (Phi) is 7.94. The summed E-state index contributed by atoms with van der Waals surface area (Å²) in [4.78, 5) is 6.61. The first-order valence-corrected chi connectivity index (χ1v) is 10.6. The van der Waals surface area contributed by atoms with Gasteiger partial charge in [-0.3, -0.25) is 10.00 Å². The smallest absolute Gasteiger partial charge is 0.151 e. The summed E-state index contributed by atoms with van der Waals surface area (Å²) in [5, 5.41) is 20.7. The molecule has 0 saturated carbocycles. The molecule has 3 N–H and O–H groups in total. The van der Waals surface area contributed by atoms with Gasteiger partial charge in [0.1, 0.15) is 24.3 Å². The van der Waals surface area contributed by atoms with Crippen LogP contribution >= 0.6 is 11.8 Å². The maximum atomic E-state index is 10.3. The largest absolute Gasteiger partial charge is 0.491 e. The standard InChI is InChI=1S/C19H29N5O2S/c1-15-21-19(23-22-15)6-7-20-12-16-4-2-3-5-18(16)26-14-17(25)13-24-8-10-27-11-9-24/h2-5,17,20,25H,6-14H2,1H3,(H,21,22,23). The predicted octanol–water partition coefficient (Wildman–Crippen LogP) is 1.23. The number of nitrogens with one attached hydrogen (secondary N) is 2. The summed E-state index contributed by atoms with van der Waals surface area (Å²) in [7, 11) is 0. The predicted molar refractivity (Wildman–Crippen MR) is 108 cm³/mol. The van der Waals surface area contributed by atoms with Gasteiger partial charge in [0.2, 0.25) is 0 Å². The highest BCUT2D eigenvalue weighted by Crippen LogP contribution is 2.18. The van der Waals surface area contributed by atoms with Crippen molar-refractivity contribution >= 4 is 11.8 Å². The lowest BCUT2D eigenvalue weighted by Crippen LogP contribution is -2.40. The Hall–Kier alpha value is -1.61. The fourth-order valence-electron chi connectivity index (χ4n) is 3.04. The number of aliphatic hydroxyl groups is 1. The number of hydrogen-bond donors (Lipinski definition) is 3. The van der Waals surface area contributed by atoms with Crippen LogP contribution in [0.3, 0.4) is 0 Å². The van der Waals surface area contributed by atoms with Gasteiger partial charge >= 0.3 is 0 Å². The molecule has 0 bridgehead atoms. The number of aromatic nitrogens is 3. The summed E-state index contributed by atoms with van der Waals surface area (Å²) in [5.41, 5.74) is 1.09. The number of aliphatic hydroxyl groups excluding tert-OH is 1. The molecular formula is C19H29N5O2S. The summed E-state index contributed by atoms with van der Waals surface area (Å²) in [6.07, 6.45) is 0.309. The molecule has 1 aromatic heterocycles. The van der Waals surface area contributed by atoms with Crippen LogP contribution in [-0.4, -0.2) is 75.6 Å². The number of ether oxygens (including phenoxy) is 1. The molecule has 1 fully saturated rings. The van der Waals surface area contributed by atoms with E-state index in [-0.39, 0.29) is 0 Å². The van der Waals surface area contributed by atoms with E-state index in [4.69, 9.17) is 4.74 Å². The van der Waals surface area contributed by atoms with Crippen molar-refractivity contribution in [2.75, 3.05) is 44.3 Å². The molecule has 0 aliphatic carbocycles. The number of para-hydroxylation sites is 1. The van der Waals surface area contributed by atoms with E-state index >= 15 is 0 Å². The van der Waals surface area contributed by atoms with Crippen molar-refractivity contribution < 1.29 is 9.84 Å². The molecule has 7 nitrogen and oxygen atoms in total. The van der Waals surface area contributed by atoms with Crippen molar-refractivity contribution in [1.82, 2.24) is 25.4 Å². The van der Waals surface area contributed by atoms with E-state index in [1.807, 2.05) is 43.0 Å². The Morgan fingerprint density at radius 3 is 2.93 bits per heavy atom. The molecule has 3 rings (SSSR count). The van der Waals surface area contributed by atoms with Gasteiger partial charge in [0.05, 0.1) is 0 Å². The van der Waals surface area contributed by atoms with E-state index in [9.17, 15) is 5.11 Å². The maximum absolute atomic E-state index is 10.3. The number of aryl methyl sites for hydroxylation is 1. The van der Waals surface area contributed by atoms with Crippen molar-refractivity contribution in [3.05, 3.63) is 41.5 Å². The average molecular weight is 392 g/mol. The van der Waals surface area contributed by atoms with Gasteiger partial charge in [-0.15, -0.1) is 0 Å². The van der Waals surface area contributed by atoms with Crippen LogP contribution in [-0.2, 0) is 13.0 Å². The summed E-state index contributed by atoms with van der Waals surface area (Å²) in [5.74, 6) is 4.78. The molecule has 1 saturated heterocycles. The van der Waals surface area contributed by atoms with Crippen LogP contribution in [0.1, 0.15) is 17.2 Å². The highest BCUT2D eigenvalue weighted by atomic mass is 32.2. The molecule has 1 unspecified atom stereocenters. The van der Waals surface area contributed by atoms with Crippen LogP contribution in [0.2, 0.25) is 0 Å². The van der Waals surface area contributed by atoms with Crippen LogP contribution in [0.25, 0.3) is 0 Å². The minimum absolute atomic E-state index is 0.317. The summed E-state index contributed by atoms with van der Waals surface area (Å²) in [6.45, 7) is 6.49. The number of β-amino-alcohol motifs (C(OH)–C–C–N with tert-alkyl or cyclic N) is 1. The molecule has 2 aromatic rings. The zero-order valence-electron chi connectivity index (χ0n) is 15.9. The van der Waals surface area contributed by atoms with Gasteiger partial charge < -0.3 is 15.2 Å². The Morgan fingerprint density at radius 1 is 1.33 bits per heavy atom. The molecule has 0 radical (unpaired) electrons. The molecule has 27 heavy (non-hydrogen) atoms. The second-order valence-electron chi connectivity index (χ2n) is 6.75. The van der Waals surface area contributed by atoms with Crippen LogP contribution < -0.4 is 10.1 Å². The van der Waals surface area contributed by atoms with Crippen molar-refractivity contribution in [2.45, 2.75) is 26.0 Å². The Labute approximate surface area is 164 Å². The van der Waals surface area contributed by atoms with E-state index in [1.165, 1.54) is 0 Å². The minimum Gasteiger partial charge on any atom is -0.491 e. The first-order chi connectivity index (χ1) is 13.2. The van der Waals surface area contributed by atoms with Gasteiger partial charge in [0, 0.05) is 56.2 Å². The van der Waals surface area contributed by atoms with Gasteiger partial charge in [-0.25, -0.2) is 4.98 Å². The van der Waals surface area contributed by atoms with E-state index in [2.05, 4.69) is 25.4 Å². The molecule has 148 valence electrons. The van der Waals surface area contributed by atoms with E-state index < -0.39 is 6.10 Å². The van der Waals surface area contributed by atoms with Gasteiger partial charge in [-0.05, 0) is 13.0 Å². The fraction of sp³-hybridized carbons (Fsp3) is 0.579. The summed E-state index contributed by atoms with van der Waals surface area (Å²) in [6, 6.07) is 7.97. The number of H-pyrrole nitrogens is 1. The number of nitrogens with zero attached hydrogens (tertiary/aromatic N) is 3. The first-order valence-electron chi connectivity index (χ1n) is 9.48. The van der Waals surface area contributed by atoms with E-state index in [0.29, 0.717) is 19.7 Å². The average Bonchev–Trinajstić information content (AvgIpc) is 3.10. The lowest BCUT2D eigenvalue weighted by atomic mass is 10.2. The van der Waals surface area contributed by atoms with E-state index in [1.54, 1.807) is 0 Å². The third-order valence-electron chi connectivity index (χ3n) is 4.46. The van der Waals surface area contributed by atoms with Crippen LogP contribution in [0.15, 0.2) is 24.3 Å². The number of aromatic amines is 1. The van der Waals surface area contributed by atoms with Gasteiger partial charge in [0.15, 0.2) is 5.82 Å². The summed E-state index contributed by atoms with van der Waals surface area (Å²) < 4.78 is 5.91. The number of rotatable bonds is 10. The zero-order valence-corrected chi connectivity index (χ0v) is 16.7. The highest BCUT2D eigenvalue weighted by molar-refractivity contribution is 7.99. The summed E-state index contributed by atoms with van der Waals surface area (Å²) >= 11 is 1.98. The van der Waals surface area contributed by atoms with Crippen molar-refractivity contribution in [2.24, 2.45) is 0 Å². The minimum atomic E-state index is -0.469. The van der Waals surface area contributed by atoms with Crippen molar-refractivity contribution in [1.29, 1.82) is 0 Å². The quantitative estimate of drug-likeness (QED) is 0.525. The maximum Gasteiger partial charge on any atom is 0.151 e. The molecule has 1 aliphatic heterocycles. The highest BCUT2D eigenvalue weighted by Gasteiger charge is 2.15. The zero-order chi connectivity index (χ0) is 18.9. The molecule has 2 heterocycles. The molecule has 0 amide bonds. The Balaban J connectivity index is 1.41. The van der Waals surface area contributed by atoms with Crippen LogP contribution in [0.4, 0.5) is 0 Å². The second-order valence-corrected chi connectivity index (χ2v) is 7.97. The SMILES string of the molecule is Cc1nc(CCNCc2ccccc2OCC(O)CN2CCSCC2)n[nH]1. The second kappa shape index (κ2) is 10.7. The lowest BCUT2D eigenvalue weighted by Gasteiger charge is -2.28. The Bertz CT molecular complexity index is 690. The van der Waals surface area contributed by atoms with Gasteiger partial charge in [-0.2, -0.15) is 16.9 Å². The molecular weight excluding hydrogens is 362 g/mol. The lowest BCUT2D eigenvalue weighted by molar-refractivity contribution is 0.0711.